The third kappa shape index (κ3) is 6.18. The Labute approximate surface area is 183 Å². The molecule has 0 bridgehead atoms. The van der Waals surface area contributed by atoms with Gasteiger partial charge in [-0.25, -0.2) is 0 Å². The Hall–Kier alpha value is -1.64. The van der Waals surface area contributed by atoms with Gasteiger partial charge in [-0.15, -0.1) is 0 Å². The Morgan fingerprint density at radius 1 is 0.533 bits per heavy atom. The van der Waals surface area contributed by atoms with Crippen LogP contribution < -0.4 is 10.6 Å². The molecule has 2 aromatic carbocycles. The molecule has 0 saturated heterocycles. The molecule has 2 heteroatoms. The lowest BCUT2D eigenvalue weighted by Gasteiger charge is -2.42. The summed E-state index contributed by atoms with van der Waals surface area (Å²) in [5, 5.41) is 8.15. The number of hydrogen-bond acceptors (Lipinski definition) is 2. The van der Waals surface area contributed by atoms with E-state index in [9.17, 15) is 0 Å². The molecule has 2 saturated carbocycles. The summed E-state index contributed by atoms with van der Waals surface area (Å²) in [5.74, 6) is 1.61. The molecular weight excluding hydrogens is 364 g/mol. The van der Waals surface area contributed by atoms with Gasteiger partial charge in [-0.05, 0) is 48.6 Å². The summed E-state index contributed by atoms with van der Waals surface area (Å²) in [6.45, 7) is 1.97. The van der Waals surface area contributed by atoms with Crippen molar-refractivity contribution in [2.75, 3.05) is 0 Å². The molecule has 0 spiro atoms. The van der Waals surface area contributed by atoms with Crippen LogP contribution in [-0.2, 0) is 13.1 Å². The lowest BCUT2D eigenvalue weighted by Crippen LogP contribution is -2.55. The second-order valence-corrected chi connectivity index (χ2v) is 9.58. The molecule has 162 valence electrons. The minimum atomic E-state index is 0.567. The Morgan fingerprint density at radius 3 is 1.27 bits per heavy atom. The van der Waals surface area contributed by atoms with E-state index in [0.717, 1.165) is 24.9 Å². The van der Waals surface area contributed by atoms with Crippen LogP contribution in [0, 0.1) is 11.8 Å². The molecule has 2 aliphatic rings. The van der Waals surface area contributed by atoms with Gasteiger partial charge < -0.3 is 10.6 Å². The van der Waals surface area contributed by atoms with Crippen molar-refractivity contribution in [3.8, 4) is 0 Å². The first-order valence-corrected chi connectivity index (χ1v) is 12.4. The molecular formula is C28H40N2. The van der Waals surface area contributed by atoms with Crippen molar-refractivity contribution >= 4 is 0 Å². The van der Waals surface area contributed by atoms with Crippen LogP contribution in [0.1, 0.15) is 75.3 Å². The monoisotopic (exact) mass is 404 g/mol. The fourth-order valence-electron chi connectivity index (χ4n) is 5.82. The first kappa shape index (κ1) is 21.6. The van der Waals surface area contributed by atoms with E-state index in [4.69, 9.17) is 0 Å². The van der Waals surface area contributed by atoms with Gasteiger partial charge in [0.15, 0.2) is 0 Å². The van der Waals surface area contributed by atoms with E-state index in [-0.39, 0.29) is 0 Å². The van der Waals surface area contributed by atoms with Gasteiger partial charge >= 0.3 is 0 Å². The standard InChI is InChI=1S/C28H40N2/c1-5-13-23(14-6-1)21-29-27(25-17-9-3-10-18-25)28(26-19-11-4-12-20-26)30-22-24-15-7-2-8-16-24/h1-2,5-8,13-16,25-30H,3-4,9-12,17-22H2/t27-,28-/m1/s1. The molecule has 2 N–H and O–H groups in total. The van der Waals surface area contributed by atoms with E-state index in [1.807, 2.05) is 0 Å². The van der Waals surface area contributed by atoms with Crippen molar-refractivity contribution in [1.29, 1.82) is 0 Å². The van der Waals surface area contributed by atoms with Crippen molar-refractivity contribution in [2.24, 2.45) is 11.8 Å². The van der Waals surface area contributed by atoms with E-state index in [1.54, 1.807) is 0 Å². The van der Waals surface area contributed by atoms with Gasteiger partial charge in [-0.2, -0.15) is 0 Å². The highest BCUT2D eigenvalue weighted by atomic mass is 15.0. The summed E-state index contributed by atoms with van der Waals surface area (Å²) in [4.78, 5) is 0. The molecule has 4 rings (SSSR count). The molecule has 0 aromatic heterocycles. The summed E-state index contributed by atoms with van der Waals surface area (Å²) in [5.41, 5.74) is 2.81. The quantitative estimate of drug-likeness (QED) is 0.501. The molecule has 2 aliphatic carbocycles. The predicted molar refractivity (Wildman–Crippen MR) is 127 cm³/mol. The highest BCUT2D eigenvalue weighted by molar-refractivity contribution is 5.16. The highest BCUT2D eigenvalue weighted by Crippen LogP contribution is 2.34. The molecule has 2 atom stereocenters. The average Bonchev–Trinajstić information content (AvgIpc) is 2.83. The first-order valence-electron chi connectivity index (χ1n) is 12.4. The molecule has 2 aromatic rings. The SMILES string of the molecule is c1ccc(CN[C@H](C2CCCCC2)[C@H](NCc2ccccc2)C2CCCCC2)cc1. The van der Waals surface area contributed by atoms with Crippen LogP contribution >= 0.6 is 0 Å². The molecule has 0 amide bonds. The molecule has 2 nitrogen and oxygen atoms in total. The fraction of sp³-hybridized carbons (Fsp3) is 0.571. The van der Waals surface area contributed by atoms with Crippen molar-refractivity contribution in [1.82, 2.24) is 10.6 Å². The highest BCUT2D eigenvalue weighted by Gasteiger charge is 2.35. The molecule has 0 unspecified atom stereocenters. The van der Waals surface area contributed by atoms with Crippen LogP contribution in [0.4, 0.5) is 0 Å². The van der Waals surface area contributed by atoms with Gasteiger partial charge in [0.1, 0.15) is 0 Å². The number of nitrogens with one attached hydrogen (secondary N) is 2. The largest absolute Gasteiger partial charge is 0.308 e. The minimum absolute atomic E-state index is 0.567. The maximum absolute atomic E-state index is 4.08. The molecule has 0 heterocycles. The summed E-state index contributed by atoms with van der Waals surface area (Å²) in [6, 6.07) is 23.1. The van der Waals surface area contributed by atoms with Gasteiger partial charge in [0, 0.05) is 25.2 Å². The predicted octanol–water partition coefficient (Wildman–Crippen LogP) is 6.46. The van der Waals surface area contributed by atoms with Gasteiger partial charge in [0.2, 0.25) is 0 Å². The summed E-state index contributed by atoms with van der Waals surface area (Å²) >= 11 is 0. The van der Waals surface area contributed by atoms with E-state index in [0.29, 0.717) is 12.1 Å². The van der Waals surface area contributed by atoms with Crippen LogP contribution in [-0.4, -0.2) is 12.1 Å². The van der Waals surface area contributed by atoms with Crippen molar-refractivity contribution < 1.29 is 0 Å². The van der Waals surface area contributed by atoms with Gasteiger partial charge in [-0.1, -0.05) is 99.2 Å². The van der Waals surface area contributed by atoms with Crippen LogP contribution in [0.2, 0.25) is 0 Å². The summed E-state index contributed by atoms with van der Waals surface area (Å²) in [7, 11) is 0. The third-order valence-electron chi connectivity index (χ3n) is 7.47. The van der Waals surface area contributed by atoms with E-state index in [2.05, 4.69) is 71.3 Å². The third-order valence-corrected chi connectivity index (χ3v) is 7.47. The number of benzene rings is 2. The zero-order valence-corrected chi connectivity index (χ0v) is 18.6. The molecule has 0 radical (unpaired) electrons. The van der Waals surface area contributed by atoms with E-state index >= 15 is 0 Å². The van der Waals surface area contributed by atoms with Crippen LogP contribution in [0.3, 0.4) is 0 Å². The zero-order chi connectivity index (χ0) is 20.4. The second-order valence-electron chi connectivity index (χ2n) is 9.58. The fourth-order valence-corrected chi connectivity index (χ4v) is 5.82. The van der Waals surface area contributed by atoms with Gasteiger partial charge in [-0.3, -0.25) is 0 Å². The normalized spacial score (nSPS) is 20.7. The van der Waals surface area contributed by atoms with Crippen LogP contribution in [0.25, 0.3) is 0 Å². The second kappa shape index (κ2) is 11.7. The van der Waals surface area contributed by atoms with Crippen molar-refractivity contribution in [3.05, 3.63) is 71.8 Å². The van der Waals surface area contributed by atoms with Gasteiger partial charge in [0.25, 0.3) is 0 Å². The molecule has 30 heavy (non-hydrogen) atoms. The Balaban J connectivity index is 1.51. The summed E-state index contributed by atoms with van der Waals surface area (Å²) < 4.78 is 0. The van der Waals surface area contributed by atoms with Crippen molar-refractivity contribution in [3.63, 3.8) is 0 Å². The first-order chi connectivity index (χ1) is 14.9. The zero-order valence-electron chi connectivity index (χ0n) is 18.6. The Bertz CT molecular complexity index is 638. The lowest BCUT2D eigenvalue weighted by atomic mass is 9.74. The summed E-state index contributed by atoms with van der Waals surface area (Å²) in [6.07, 6.45) is 14.0. The number of hydrogen-bond donors (Lipinski definition) is 2. The van der Waals surface area contributed by atoms with Crippen LogP contribution in [0.15, 0.2) is 60.7 Å². The van der Waals surface area contributed by atoms with E-state index in [1.165, 1.54) is 75.3 Å². The van der Waals surface area contributed by atoms with Crippen LogP contribution in [0.5, 0.6) is 0 Å². The minimum Gasteiger partial charge on any atom is -0.308 e. The molecule has 2 fully saturated rings. The maximum Gasteiger partial charge on any atom is 0.0255 e. The van der Waals surface area contributed by atoms with E-state index < -0.39 is 0 Å². The lowest BCUT2D eigenvalue weighted by molar-refractivity contribution is 0.155. The Kier molecular flexibility index (Phi) is 8.40. The Morgan fingerprint density at radius 2 is 0.900 bits per heavy atom. The smallest absolute Gasteiger partial charge is 0.0255 e. The topological polar surface area (TPSA) is 24.1 Å². The average molecular weight is 405 g/mol. The number of rotatable bonds is 9. The van der Waals surface area contributed by atoms with Crippen molar-refractivity contribution in [2.45, 2.75) is 89.4 Å². The molecule has 0 aliphatic heterocycles. The van der Waals surface area contributed by atoms with Gasteiger partial charge in [0.05, 0.1) is 0 Å². The maximum atomic E-state index is 4.08.